The number of carbonyl (C=O) groups excluding carboxylic acids is 1. The van der Waals surface area contributed by atoms with E-state index in [0.29, 0.717) is 5.69 Å². The topological polar surface area (TPSA) is 64.2 Å². The fourth-order valence-electron chi connectivity index (χ4n) is 1.86. The predicted molar refractivity (Wildman–Crippen MR) is 71.8 cm³/mol. The number of ether oxygens (including phenoxy) is 2. The van der Waals surface area contributed by atoms with Gasteiger partial charge in [-0.1, -0.05) is 11.6 Å². The molecule has 0 aliphatic heterocycles. The summed E-state index contributed by atoms with van der Waals surface area (Å²) in [6, 6.07) is 3.61. The first-order valence-electron chi connectivity index (χ1n) is 5.92. The first-order chi connectivity index (χ1) is 10.2. The summed E-state index contributed by atoms with van der Waals surface area (Å²) in [5.41, 5.74) is 0.362. The lowest BCUT2D eigenvalue weighted by atomic mass is 10.1. The monoisotopic (exact) mass is 334 g/mol. The SMILES string of the molecule is COC(=O)c1cc(C)[nH]c1-c1nc(Cl)ccc1OC(F)(F)F. The van der Waals surface area contributed by atoms with Gasteiger partial charge in [0, 0.05) is 5.69 Å². The number of rotatable bonds is 3. The molecular formula is C13H10ClF3N2O3. The number of nitrogens with one attached hydrogen (secondary N) is 1. The molecule has 0 radical (unpaired) electrons. The summed E-state index contributed by atoms with van der Waals surface area (Å²) in [7, 11) is 1.16. The summed E-state index contributed by atoms with van der Waals surface area (Å²) in [4.78, 5) is 18.3. The van der Waals surface area contributed by atoms with Crippen molar-refractivity contribution in [3.05, 3.63) is 34.6 Å². The molecule has 0 bridgehead atoms. The van der Waals surface area contributed by atoms with Gasteiger partial charge in [-0.3, -0.25) is 0 Å². The maximum Gasteiger partial charge on any atom is 0.573 e. The van der Waals surface area contributed by atoms with Crippen molar-refractivity contribution < 1.29 is 27.4 Å². The average Bonchev–Trinajstić information content (AvgIpc) is 2.80. The first-order valence-corrected chi connectivity index (χ1v) is 6.29. The highest BCUT2D eigenvalue weighted by atomic mass is 35.5. The largest absolute Gasteiger partial charge is 0.573 e. The maximum absolute atomic E-state index is 12.5. The molecule has 118 valence electrons. The molecule has 2 aromatic heterocycles. The van der Waals surface area contributed by atoms with Gasteiger partial charge < -0.3 is 14.5 Å². The van der Waals surface area contributed by atoms with Crippen LogP contribution < -0.4 is 4.74 Å². The van der Waals surface area contributed by atoms with Gasteiger partial charge in [0.15, 0.2) is 5.75 Å². The third kappa shape index (κ3) is 3.51. The summed E-state index contributed by atoms with van der Waals surface area (Å²) in [6.07, 6.45) is -4.91. The fraction of sp³-hybridized carbons (Fsp3) is 0.231. The van der Waals surface area contributed by atoms with E-state index in [2.05, 4.69) is 19.4 Å². The van der Waals surface area contributed by atoms with E-state index in [-0.39, 0.29) is 22.1 Å². The van der Waals surface area contributed by atoms with Gasteiger partial charge in [-0.05, 0) is 25.1 Å². The molecule has 0 atom stereocenters. The third-order valence-corrected chi connectivity index (χ3v) is 2.85. The van der Waals surface area contributed by atoms with Crippen LogP contribution in [0.1, 0.15) is 16.1 Å². The second-order valence-corrected chi connectivity index (χ2v) is 4.65. The summed E-state index contributed by atoms with van der Waals surface area (Å²) < 4.78 is 46.0. The Hall–Kier alpha value is -2.22. The van der Waals surface area contributed by atoms with Gasteiger partial charge in [-0.2, -0.15) is 0 Å². The first kappa shape index (κ1) is 16.2. The zero-order valence-electron chi connectivity index (χ0n) is 11.4. The minimum absolute atomic E-state index is 0.0294. The Balaban J connectivity index is 2.61. The van der Waals surface area contributed by atoms with Crippen LogP contribution in [0.3, 0.4) is 0 Å². The number of nitrogens with zero attached hydrogens (tertiary/aromatic N) is 1. The number of aromatic nitrogens is 2. The lowest BCUT2D eigenvalue weighted by Gasteiger charge is -2.13. The Morgan fingerprint density at radius 1 is 1.36 bits per heavy atom. The van der Waals surface area contributed by atoms with Crippen LogP contribution in [0.25, 0.3) is 11.4 Å². The molecule has 0 aromatic carbocycles. The zero-order chi connectivity index (χ0) is 16.5. The lowest BCUT2D eigenvalue weighted by Crippen LogP contribution is -2.18. The molecule has 0 aliphatic rings. The Bertz CT molecular complexity index is 713. The molecule has 5 nitrogen and oxygen atoms in total. The van der Waals surface area contributed by atoms with Crippen LogP contribution in [-0.2, 0) is 4.74 Å². The van der Waals surface area contributed by atoms with Crippen molar-refractivity contribution in [2.75, 3.05) is 7.11 Å². The Morgan fingerprint density at radius 3 is 2.64 bits per heavy atom. The van der Waals surface area contributed by atoms with E-state index >= 15 is 0 Å². The van der Waals surface area contributed by atoms with E-state index < -0.39 is 18.1 Å². The number of H-pyrrole nitrogens is 1. The number of carbonyl (C=O) groups is 1. The molecule has 9 heteroatoms. The molecular weight excluding hydrogens is 325 g/mol. The fourth-order valence-corrected chi connectivity index (χ4v) is 2.00. The number of aromatic amines is 1. The summed E-state index contributed by atoms with van der Waals surface area (Å²) in [5, 5.41) is -0.0485. The van der Waals surface area contributed by atoms with Crippen LogP contribution in [0.5, 0.6) is 5.75 Å². The van der Waals surface area contributed by atoms with Gasteiger partial charge in [0.25, 0.3) is 0 Å². The van der Waals surface area contributed by atoms with Gasteiger partial charge in [-0.25, -0.2) is 9.78 Å². The molecule has 0 aliphatic carbocycles. The third-order valence-electron chi connectivity index (χ3n) is 2.64. The molecule has 2 aromatic rings. The lowest BCUT2D eigenvalue weighted by molar-refractivity contribution is -0.274. The van der Waals surface area contributed by atoms with Gasteiger partial charge >= 0.3 is 12.3 Å². The number of hydrogen-bond acceptors (Lipinski definition) is 4. The van der Waals surface area contributed by atoms with Crippen molar-refractivity contribution in [1.29, 1.82) is 0 Å². The van der Waals surface area contributed by atoms with Crippen molar-refractivity contribution in [1.82, 2.24) is 9.97 Å². The van der Waals surface area contributed by atoms with Gasteiger partial charge in [0.05, 0.1) is 18.4 Å². The van der Waals surface area contributed by atoms with Crippen LogP contribution in [-0.4, -0.2) is 29.4 Å². The highest BCUT2D eigenvalue weighted by molar-refractivity contribution is 6.29. The maximum atomic E-state index is 12.5. The van der Waals surface area contributed by atoms with Crippen LogP contribution in [0.4, 0.5) is 13.2 Å². The number of aryl methyl sites for hydroxylation is 1. The molecule has 0 unspecified atom stereocenters. The van der Waals surface area contributed by atoms with Crippen molar-refractivity contribution in [2.45, 2.75) is 13.3 Å². The normalized spacial score (nSPS) is 11.4. The van der Waals surface area contributed by atoms with Gasteiger partial charge in [0.2, 0.25) is 0 Å². The minimum atomic E-state index is -4.91. The number of esters is 1. The molecule has 0 amide bonds. The number of halogens is 4. The summed E-state index contributed by atoms with van der Waals surface area (Å²) in [6.45, 7) is 1.63. The van der Waals surface area contributed by atoms with Crippen LogP contribution in [0, 0.1) is 6.92 Å². The second-order valence-electron chi connectivity index (χ2n) is 4.26. The Labute approximate surface area is 128 Å². The van der Waals surface area contributed by atoms with Crippen LogP contribution in [0.2, 0.25) is 5.15 Å². The molecule has 22 heavy (non-hydrogen) atoms. The molecule has 0 saturated carbocycles. The van der Waals surface area contributed by atoms with Crippen LogP contribution in [0.15, 0.2) is 18.2 Å². The molecule has 1 N–H and O–H groups in total. The van der Waals surface area contributed by atoms with Crippen molar-refractivity contribution in [3.8, 4) is 17.1 Å². The van der Waals surface area contributed by atoms with Gasteiger partial charge in [0.1, 0.15) is 10.8 Å². The van der Waals surface area contributed by atoms with Crippen molar-refractivity contribution >= 4 is 17.6 Å². The quantitative estimate of drug-likeness (QED) is 0.686. The van der Waals surface area contributed by atoms with Crippen molar-refractivity contribution in [3.63, 3.8) is 0 Å². The minimum Gasteiger partial charge on any atom is -0.465 e. The molecule has 0 fully saturated rings. The molecule has 0 saturated heterocycles. The van der Waals surface area contributed by atoms with Crippen LogP contribution >= 0.6 is 11.6 Å². The standard InChI is InChI=1S/C13H10ClF3N2O3/c1-6-5-7(12(20)21-2)10(18-6)11-8(22-13(15,16)17)3-4-9(14)19-11/h3-5,18H,1-2H3. The van der Waals surface area contributed by atoms with E-state index in [4.69, 9.17) is 11.6 Å². The highest BCUT2D eigenvalue weighted by Gasteiger charge is 2.33. The average molecular weight is 335 g/mol. The number of methoxy groups -OCH3 is 1. The van der Waals surface area contributed by atoms with Gasteiger partial charge in [-0.15, -0.1) is 13.2 Å². The number of alkyl halides is 3. The molecule has 0 spiro atoms. The Morgan fingerprint density at radius 2 is 2.05 bits per heavy atom. The predicted octanol–water partition coefficient (Wildman–Crippen LogP) is 3.72. The second kappa shape index (κ2) is 5.88. The summed E-state index contributed by atoms with van der Waals surface area (Å²) >= 11 is 5.73. The van der Waals surface area contributed by atoms with Crippen molar-refractivity contribution in [2.24, 2.45) is 0 Å². The zero-order valence-corrected chi connectivity index (χ0v) is 12.2. The van der Waals surface area contributed by atoms with E-state index in [1.807, 2.05) is 0 Å². The molecule has 2 heterocycles. The molecule has 2 rings (SSSR count). The number of pyridine rings is 1. The summed E-state index contributed by atoms with van der Waals surface area (Å²) in [5.74, 6) is -1.30. The van der Waals surface area contributed by atoms with E-state index in [1.165, 1.54) is 6.07 Å². The smallest absolute Gasteiger partial charge is 0.465 e. The van der Waals surface area contributed by atoms with E-state index in [0.717, 1.165) is 19.2 Å². The highest BCUT2D eigenvalue weighted by Crippen LogP contribution is 2.35. The van der Waals surface area contributed by atoms with E-state index in [1.54, 1.807) is 6.92 Å². The number of hydrogen-bond donors (Lipinski definition) is 1. The van der Waals surface area contributed by atoms with E-state index in [9.17, 15) is 18.0 Å². The Kier molecular flexibility index (Phi) is 4.32.